The molecule has 4 nitrogen and oxygen atoms in total. The maximum atomic E-state index is 6.13. The SMILES string of the molecule is Cc1ccccc1-c1nc(CSc2nnc(-c3ccc(Cl)c(Cl)c3)n2C)cs1. The monoisotopic (exact) mass is 446 g/mol. The smallest absolute Gasteiger partial charge is 0.191 e. The van der Waals surface area contributed by atoms with Gasteiger partial charge < -0.3 is 4.57 Å². The molecule has 0 bridgehead atoms. The fourth-order valence-corrected chi connectivity index (χ4v) is 4.89. The van der Waals surface area contributed by atoms with Crippen LogP contribution in [0.4, 0.5) is 0 Å². The summed E-state index contributed by atoms with van der Waals surface area (Å²) in [6.45, 7) is 2.11. The van der Waals surface area contributed by atoms with E-state index in [0.717, 1.165) is 33.0 Å². The third kappa shape index (κ3) is 3.96. The van der Waals surface area contributed by atoms with Gasteiger partial charge in [-0.2, -0.15) is 0 Å². The van der Waals surface area contributed by atoms with Crippen molar-refractivity contribution in [1.29, 1.82) is 0 Å². The van der Waals surface area contributed by atoms with E-state index in [1.807, 2.05) is 29.8 Å². The quantitative estimate of drug-likeness (QED) is 0.327. The number of rotatable bonds is 5. The zero-order valence-corrected chi connectivity index (χ0v) is 18.3. The fraction of sp³-hybridized carbons (Fsp3) is 0.150. The van der Waals surface area contributed by atoms with Gasteiger partial charge in [-0.3, -0.25) is 0 Å². The van der Waals surface area contributed by atoms with E-state index in [1.54, 1.807) is 35.2 Å². The molecule has 2 aromatic carbocycles. The molecule has 0 spiro atoms. The molecule has 4 rings (SSSR count). The minimum absolute atomic E-state index is 0.502. The van der Waals surface area contributed by atoms with Crippen molar-refractivity contribution < 1.29 is 0 Å². The summed E-state index contributed by atoms with van der Waals surface area (Å²) in [7, 11) is 1.94. The molecule has 28 heavy (non-hydrogen) atoms. The van der Waals surface area contributed by atoms with Crippen molar-refractivity contribution >= 4 is 46.3 Å². The maximum Gasteiger partial charge on any atom is 0.191 e. The second-order valence-electron chi connectivity index (χ2n) is 6.24. The number of aromatic nitrogens is 4. The van der Waals surface area contributed by atoms with Gasteiger partial charge in [0.25, 0.3) is 0 Å². The van der Waals surface area contributed by atoms with E-state index < -0.39 is 0 Å². The van der Waals surface area contributed by atoms with Crippen molar-refractivity contribution in [3.8, 4) is 22.0 Å². The van der Waals surface area contributed by atoms with Gasteiger partial charge in [-0.25, -0.2) is 4.98 Å². The summed E-state index contributed by atoms with van der Waals surface area (Å²) in [6, 6.07) is 13.8. The van der Waals surface area contributed by atoms with Gasteiger partial charge in [0.05, 0.1) is 15.7 Å². The molecule has 0 saturated carbocycles. The largest absolute Gasteiger partial charge is 0.305 e. The zero-order valence-electron chi connectivity index (χ0n) is 15.2. The summed E-state index contributed by atoms with van der Waals surface area (Å²) >= 11 is 15.4. The predicted molar refractivity (Wildman–Crippen MR) is 118 cm³/mol. The Morgan fingerprint density at radius 3 is 2.68 bits per heavy atom. The second-order valence-corrected chi connectivity index (χ2v) is 8.86. The van der Waals surface area contributed by atoms with Crippen molar-refractivity contribution in [3.05, 3.63) is 69.1 Å². The molecule has 0 saturated heterocycles. The summed E-state index contributed by atoms with van der Waals surface area (Å²) in [4.78, 5) is 4.78. The molecule has 0 atom stereocenters. The third-order valence-electron chi connectivity index (χ3n) is 4.29. The standard InChI is InChI=1S/C20H16Cl2N4S2/c1-12-5-3-4-6-15(12)19-23-14(10-27-19)11-28-20-25-24-18(26(20)2)13-7-8-16(21)17(22)9-13/h3-10H,11H2,1-2H3. The molecular formula is C20H16Cl2N4S2. The van der Waals surface area contributed by atoms with Crippen molar-refractivity contribution in [2.75, 3.05) is 0 Å². The highest BCUT2D eigenvalue weighted by molar-refractivity contribution is 7.98. The highest BCUT2D eigenvalue weighted by Crippen LogP contribution is 2.31. The van der Waals surface area contributed by atoms with E-state index in [9.17, 15) is 0 Å². The number of hydrogen-bond donors (Lipinski definition) is 0. The first kappa shape index (κ1) is 19.5. The molecule has 2 heterocycles. The van der Waals surface area contributed by atoms with Gasteiger partial charge >= 0.3 is 0 Å². The first-order valence-corrected chi connectivity index (χ1v) is 11.1. The molecule has 0 aliphatic carbocycles. The minimum Gasteiger partial charge on any atom is -0.305 e. The highest BCUT2D eigenvalue weighted by atomic mass is 35.5. The first-order valence-electron chi connectivity index (χ1n) is 8.51. The Kier molecular flexibility index (Phi) is 5.73. The van der Waals surface area contributed by atoms with Crippen LogP contribution >= 0.6 is 46.3 Å². The van der Waals surface area contributed by atoms with Crippen LogP contribution in [0.2, 0.25) is 10.0 Å². The number of aryl methyl sites for hydroxylation is 1. The van der Waals surface area contributed by atoms with Gasteiger partial charge in [0.15, 0.2) is 11.0 Å². The van der Waals surface area contributed by atoms with E-state index in [0.29, 0.717) is 10.0 Å². The Balaban J connectivity index is 1.50. The molecular weight excluding hydrogens is 431 g/mol. The topological polar surface area (TPSA) is 43.6 Å². The van der Waals surface area contributed by atoms with Crippen molar-refractivity contribution in [2.24, 2.45) is 7.05 Å². The van der Waals surface area contributed by atoms with Crippen LogP contribution in [0, 0.1) is 6.92 Å². The lowest BCUT2D eigenvalue weighted by Crippen LogP contribution is -1.95. The second kappa shape index (κ2) is 8.25. The van der Waals surface area contributed by atoms with Crippen molar-refractivity contribution in [2.45, 2.75) is 17.8 Å². The number of thioether (sulfide) groups is 1. The summed E-state index contributed by atoms with van der Waals surface area (Å²) in [5.74, 6) is 1.48. The van der Waals surface area contributed by atoms with E-state index >= 15 is 0 Å². The summed E-state index contributed by atoms with van der Waals surface area (Å²) in [6.07, 6.45) is 0. The van der Waals surface area contributed by atoms with E-state index in [4.69, 9.17) is 28.2 Å². The average Bonchev–Trinajstić information content (AvgIpc) is 3.29. The fourth-order valence-electron chi connectivity index (χ4n) is 2.78. The third-order valence-corrected chi connectivity index (χ3v) is 7.01. The molecule has 8 heteroatoms. The molecule has 0 unspecified atom stereocenters. The van der Waals surface area contributed by atoms with Gasteiger partial charge in [-0.1, -0.05) is 59.2 Å². The highest BCUT2D eigenvalue weighted by Gasteiger charge is 2.14. The van der Waals surface area contributed by atoms with Gasteiger partial charge in [-0.05, 0) is 30.7 Å². The van der Waals surface area contributed by atoms with Gasteiger partial charge in [0.2, 0.25) is 0 Å². The molecule has 0 aliphatic heterocycles. The molecule has 2 aromatic heterocycles. The lowest BCUT2D eigenvalue weighted by Gasteiger charge is -2.04. The van der Waals surface area contributed by atoms with E-state index in [-0.39, 0.29) is 0 Å². The number of thiazole rings is 1. The Morgan fingerprint density at radius 1 is 1.07 bits per heavy atom. The van der Waals surface area contributed by atoms with Crippen LogP contribution in [0.25, 0.3) is 22.0 Å². The maximum absolute atomic E-state index is 6.13. The van der Waals surface area contributed by atoms with Crippen molar-refractivity contribution in [3.63, 3.8) is 0 Å². The van der Waals surface area contributed by atoms with Gasteiger partial charge in [0, 0.05) is 29.3 Å². The number of hydrogen-bond acceptors (Lipinski definition) is 5. The molecule has 142 valence electrons. The van der Waals surface area contributed by atoms with Crippen molar-refractivity contribution in [1.82, 2.24) is 19.7 Å². The summed E-state index contributed by atoms with van der Waals surface area (Å²) in [5.41, 5.74) is 4.33. The van der Waals surface area contributed by atoms with Crippen LogP contribution in [-0.4, -0.2) is 19.7 Å². The molecule has 0 N–H and O–H groups in total. The minimum atomic E-state index is 0.502. The number of nitrogens with zero attached hydrogens (tertiary/aromatic N) is 4. The summed E-state index contributed by atoms with van der Waals surface area (Å²) < 4.78 is 1.96. The lowest BCUT2D eigenvalue weighted by molar-refractivity contribution is 0.793. The Morgan fingerprint density at radius 2 is 1.89 bits per heavy atom. The van der Waals surface area contributed by atoms with E-state index in [1.165, 1.54) is 11.1 Å². The average molecular weight is 447 g/mol. The molecule has 0 radical (unpaired) electrons. The normalized spacial score (nSPS) is 11.1. The van der Waals surface area contributed by atoms with Crippen LogP contribution in [-0.2, 0) is 12.8 Å². The van der Waals surface area contributed by atoms with Crippen LogP contribution in [0.3, 0.4) is 0 Å². The molecule has 0 fully saturated rings. The molecule has 4 aromatic rings. The molecule has 0 amide bonds. The van der Waals surface area contributed by atoms with Crippen LogP contribution in [0.5, 0.6) is 0 Å². The zero-order chi connectivity index (χ0) is 19.7. The van der Waals surface area contributed by atoms with Gasteiger partial charge in [-0.15, -0.1) is 21.5 Å². The molecule has 0 aliphatic rings. The number of halogens is 2. The predicted octanol–water partition coefficient (Wildman–Crippen LogP) is 6.51. The summed E-state index contributed by atoms with van der Waals surface area (Å²) in [5, 5.41) is 13.6. The Hall–Kier alpha value is -1.86. The van der Waals surface area contributed by atoms with Crippen LogP contribution in [0.15, 0.2) is 53.0 Å². The first-order chi connectivity index (χ1) is 13.5. The van der Waals surface area contributed by atoms with Gasteiger partial charge in [0.1, 0.15) is 5.01 Å². The van der Waals surface area contributed by atoms with Crippen LogP contribution in [0.1, 0.15) is 11.3 Å². The lowest BCUT2D eigenvalue weighted by atomic mass is 10.1. The number of benzene rings is 2. The Labute approximate surface area is 181 Å². The van der Waals surface area contributed by atoms with Crippen LogP contribution < -0.4 is 0 Å². The Bertz CT molecular complexity index is 1140. The van der Waals surface area contributed by atoms with E-state index in [2.05, 4.69) is 34.6 Å².